The van der Waals surface area contributed by atoms with E-state index in [9.17, 15) is 18.0 Å². The summed E-state index contributed by atoms with van der Waals surface area (Å²) in [6.07, 6.45) is 0. The van der Waals surface area contributed by atoms with Crippen LogP contribution < -0.4 is 5.32 Å². The molecule has 0 saturated heterocycles. The summed E-state index contributed by atoms with van der Waals surface area (Å²) in [7, 11) is 0. The lowest BCUT2D eigenvalue weighted by Gasteiger charge is -2.09. The third-order valence-corrected chi connectivity index (χ3v) is 3.61. The first-order chi connectivity index (χ1) is 9.38. The fourth-order valence-electron chi connectivity index (χ4n) is 1.52. The zero-order valence-corrected chi connectivity index (χ0v) is 12.6. The smallest absolute Gasteiger partial charge is 0.256 e. The highest BCUT2D eigenvalue weighted by atomic mass is 127. The zero-order chi connectivity index (χ0) is 14.9. The lowest BCUT2D eigenvalue weighted by atomic mass is 10.2. The van der Waals surface area contributed by atoms with Gasteiger partial charge in [0.25, 0.3) is 5.91 Å². The normalized spacial score (nSPS) is 10.4. The van der Waals surface area contributed by atoms with Gasteiger partial charge in [0.1, 0.15) is 11.6 Å². The highest BCUT2D eigenvalue weighted by Crippen LogP contribution is 2.27. The Labute approximate surface area is 131 Å². The number of halogens is 5. The standard InChI is InChI=1S/C13H6ClF3INO/c14-9-3-7(16)4-10(17)12(9)19-13(20)8-2-1-6(15)5-11(8)18/h1-5H,(H,19,20). The Bertz CT molecular complexity index is 670. The van der Waals surface area contributed by atoms with Crippen LogP contribution in [0, 0.1) is 21.0 Å². The maximum Gasteiger partial charge on any atom is 0.256 e. The molecule has 2 nitrogen and oxygen atoms in total. The topological polar surface area (TPSA) is 29.1 Å². The summed E-state index contributed by atoms with van der Waals surface area (Å²) in [5.41, 5.74) is -0.162. The number of benzene rings is 2. The van der Waals surface area contributed by atoms with Crippen LogP contribution >= 0.6 is 34.2 Å². The summed E-state index contributed by atoms with van der Waals surface area (Å²) in [5, 5.41) is 1.99. The molecule has 0 spiro atoms. The number of carbonyl (C=O) groups excluding carboxylic acids is 1. The summed E-state index contributed by atoms with van der Waals surface area (Å²) in [6, 6.07) is 5.03. The zero-order valence-electron chi connectivity index (χ0n) is 9.68. The summed E-state index contributed by atoms with van der Waals surface area (Å²) >= 11 is 7.45. The first-order valence-electron chi connectivity index (χ1n) is 5.29. The molecule has 0 fully saturated rings. The maximum absolute atomic E-state index is 13.6. The van der Waals surface area contributed by atoms with Gasteiger partial charge in [-0.05, 0) is 46.9 Å². The molecule has 0 saturated carbocycles. The molecule has 0 unspecified atom stereocenters. The fourth-order valence-corrected chi connectivity index (χ4v) is 2.48. The number of nitrogens with one attached hydrogen (secondary N) is 1. The third-order valence-electron chi connectivity index (χ3n) is 2.42. The quantitative estimate of drug-likeness (QED) is 0.718. The van der Waals surface area contributed by atoms with Crippen molar-refractivity contribution in [3.8, 4) is 0 Å². The van der Waals surface area contributed by atoms with Crippen LogP contribution in [0.1, 0.15) is 10.4 Å². The largest absolute Gasteiger partial charge is 0.318 e. The van der Waals surface area contributed by atoms with E-state index >= 15 is 0 Å². The number of amides is 1. The van der Waals surface area contributed by atoms with E-state index in [1.54, 1.807) is 22.6 Å². The Morgan fingerprint density at radius 2 is 1.80 bits per heavy atom. The number of rotatable bonds is 2. The van der Waals surface area contributed by atoms with Crippen molar-refractivity contribution in [1.82, 2.24) is 0 Å². The van der Waals surface area contributed by atoms with Gasteiger partial charge in [0, 0.05) is 9.64 Å². The van der Waals surface area contributed by atoms with Crippen molar-refractivity contribution < 1.29 is 18.0 Å². The summed E-state index contributed by atoms with van der Waals surface area (Å²) in [4.78, 5) is 12.0. The van der Waals surface area contributed by atoms with E-state index in [1.165, 1.54) is 6.07 Å². The molecule has 0 atom stereocenters. The summed E-state index contributed by atoms with van der Waals surface area (Å²) in [6.45, 7) is 0. The van der Waals surface area contributed by atoms with Crippen LogP contribution in [0.2, 0.25) is 5.02 Å². The predicted molar refractivity (Wildman–Crippen MR) is 78.4 cm³/mol. The van der Waals surface area contributed by atoms with Crippen molar-refractivity contribution in [1.29, 1.82) is 0 Å². The average molecular weight is 412 g/mol. The maximum atomic E-state index is 13.6. The minimum absolute atomic E-state index is 0.159. The molecule has 1 N–H and O–H groups in total. The van der Waals surface area contributed by atoms with Crippen LogP contribution in [0.25, 0.3) is 0 Å². The SMILES string of the molecule is O=C(Nc1c(F)cc(F)cc1Cl)c1ccc(F)cc1I. The number of carbonyl (C=O) groups is 1. The Hall–Kier alpha value is -1.28. The van der Waals surface area contributed by atoms with E-state index in [1.807, 2.05) is 0 Å². The highest BCUT2D eigenvalue weighted by Gasteiger charge is 2.16. The van der Waals surface area contributed by atoms with Crippen molar-refractivity contribution in [2.75, 3.05) is 5.32 Å². The summed E-state index contributed by atoms with van der Waals surface area (Å²) < 4.78 is 39.8. The van der Waals surface area contributed by atoms with Crippen molar-refractivity contribution in [3.05, 3.63) is 61.9 Å². The molecule has 2 aromatic carbocycles. The van der Waals surface area contributed by atoms with E-state index in [0.717, 1.165) is 18.2 Å². The van der Waals surface area contributed by atoms with Crippen molar-refractivity contribution in [2.24, 2.45) is 0 Å². The van der Waals surface area contributed by atoms with Crippen molar-refractivity contribution in [2.45, 2.75) is 0 Å². The van der Waals surface area contributed by atoms with Crippen LogP contribution in [0.3, 0.4) is 0 Å². The minimum atomic E-state index is -0.986. The number of hydrogen-bond acceptors (Lipinski definition) is 1. The molecule has 0 aromatic heterocycles. The molecule has 0 aliphatic rings. The predicted octanol–water partition coefficient (Wildman–Crippen LogP) is 4.61. The van der Waals surface area contributed by atoms with Gasteiger partial charge >= 0.3 is 0 Å². The highest BCUT2D eigenvalue weighted by molar-refractivity contribution is 14.1. The van der Waals surface area contributed by atoms with Crippen LogP contribution in [-0.4, -0.2) is 5.91 Å². The van der Waals surface area contributed by atoms with Crippen molar-refractivity contribution >= 4 is 45.8 Å². The monoisotopic (exact) mass is 411 g/mol. The van der Waals surface area contributed by atoms with E-state index < -0.39 is 23.4 Å². The lowest BCUT2D eigenvalue weighted by Crippen LogP contribution is -2.15. The molecule has 104 valence electrons. The summed E-state index contributed by atoms with van der Waals surface area (Å²) in [5.74, 6) is -2.99. The molecule has 0 aliphatic heterocycles. The molecule has 0 bridgehead atoms. The van der Waals surface area contributed by atoms with E-state index in [0.29, 0.717) is 9.64 Å². The van der Waals surface area contributed by atoms with Gasteiger partial charge in [-0.2, -0.15) is 0 Å². The Kier molecular flexibility index (Phi) is 4.54. The van der Waals surface area contributed by atoms with Gasteiger partial charge in [-0.1, -0.05) is 11.6 Å². The van der Waals surface area contributed by atoms with Gasteiger partial charge in [0.15, 0.2) is 5.82 Å². The van der Waals surface area contributed by atoms with Crippen LogP contribution in [0.4, 0.5) is 18.9 Å². The van der Waals surface area contributed by atoms with Crippen LogP contribution in [0.15, 0.2) is 30.3 Å². The van der Waals surface area contributed by atoms with Crippen LogP contribution in [-0.2, 0) is 0 Å². The van der Waals surface area contributed by atoms with Gasteiger partial charge in [0.2, 0.25) is 0 Å². The van der Waals surface area contributed by atoms with Crippen LogP contribution in [0.5, 0.6) is 0 Å². The molecular weight excluding hydrogens is 406 g/mol. The first kappa shape index (κ1) is 15.1. The Morgan fingerprint density at radius 3 is 2.40 bits per heavy atom. The first-order valence-corrected chi connectivity index (χ1v) is 6.75. The second kappa shape index (κ2) is 6.01. The molecular formula is C13H6ClF3INO. The molecule has 2 rings (SSSR count). The van der Waals surface area contributed by atoms with Gasteiger partial charge < -0.3 is 5.32 Å². The van der Waals surface area contributed by atoms with E-state index in [4.69, 9.17) is 11.6 Å². The number of anilines is 1. The Morgan fingerprint density at radius 1 is 1.10 bits per heavy atom. The van der Waals surface area contributed by atoms with Crippen molar-refractivity contribution in [3.63, 3.8) is 0 Å². The van der Waals surface area contributed by atoms with Gasteiger partial charge in [-0.25, -0.2) is 13.2 Å². The van der Waals surface area contributed by atoms with Gasteiger partial charge in [0.05, 0.1) is 16.3 Å². The molecule has 7 heteroatoms. The second-order valence-corrected chi connectivity index (χ2v) is 5.39. The lowest BCUT2D eigenvalue weighted by molar-refractivity contribution is 0.102. The molecule has 0 heterocycles. The fraction of sp³-hybridized carbons (Fsp3) is 0. The molecule has 0 aliphatic carbocycles. The average Bonchev–Trinajstić information content (AvgIpc) is 2.33. The molecule has 0 radical (unpaired) electrons. The van der Waals surface area contributed by atoms with Gasteiger partial charge in [-0.3, -0.25) is 4.79 Å². The third kappa shape index (κ3) is 3.24. The van der Waals surface area contributed by atoms with Gasteiger partial charge in [-0.15, -0.1) is 0 Å². The molecule has 1 amide bonds. The second-order valence-electron chi connectivity index (χ2n) is 3.82. The minimum Gasteiger partial charge on any atom is -0.318 e. The Balaban J connectivity index is 2.33. The van der Waals surface area contributed by atoms with E-state index in [-0.39, 0.29) is 16.3 Å². The number of hydrogen-bond donors (Lipinski definition) is 1. The van der Waals surface area contributed by atoms with E-state index in [2.05, 4.69) is 5.32 Å². The molecule has 2 aromatic rings. The molecule has 20 heavy (non-hydrogen) atoms.